The quantitative estimate of drug-likeness (QED) is 0.665. The average molecular weight is 193 g/mol. The first kappa shape index (κ1) is 12.1. The molecule has 0 radical (unpaired) electrons. The first-order chi connectivity index (χ1) is 5.79. The number of hydrogen-bond acceptors (Lipinski definition) is 1. The Balaban J connectivity index is 4.77. The van der Waals surface area contributed by atoms with Gasteiger partial charge in [-0.05, 0) is 32.4 Å². The number of nitrogens with one attached hydrogen (secondary N) is 1. The first-order valence-corrected chi connectivity index (χ1v) is 3.89. The van der Waals surface area contributed by atoms with Crippen molar-refractivity contribution >= 4 is 0 Å². The number of alkyl halides is 3. The first-order valence-electron chi connectivity index (χ1n) is 3.89. The summed E-state index contributed by atoms with van der Waals surface area (Å²) in [5.74, 6) is 0. The van der Waals surface area contributed by atoms with Crippen LogP contribution in [0, 0.1) is 0 Å². The Morgan fingerprint density at radius 1 is 1.15 bits per heavy atom. The van der Waals surface area contributed by atoms with Crippen molar-refractivity contribution in [2.45, 2.75) is 26.9 Å². The van der Waals surface area contributed by atoms with Gasteiger partial charge >= 0.3 is 6.18 Å². The molecule has 0 saturated heterocycles. The van der Waals surface area contributed by atoms with Gasteiger partial charge in [0.25, 0.3) is 0 Å². The van der Waals surface area contributed by atoms with Gasteiger partial charge in [-0.25, -0.2) is 0 Å². The average Bonchev–Trinajstić information content (AvgIpc) is 2.01. The summed E-state index contributed by atoms with van der Waals surface area (Å²) in [6, 6.07) is 0. The topological polar surface area (TPSA) is 12.0 Å². The van der Waals surface area contributed by atoms with Crippen molar-refractivity contribution < 1.29 is 13.2 Å². The van der Waals surface area contributed by atoms with E-state index in [4.69, 9.17) is 0 Å². The molecule has 1 N–H and O–H groups in total. The predicted molar refractivity (Wildman–Crippen MR) is 47.2 cm³/mol. The lowest BCUT2D eigenvalue weighted by Crippen LogP contribution is -2.10. The standard InChI is InChI=1S/C9H14F3N/c1-6(8(3)13-4)5-7(2)9(10,11)12/h5,13H,1-4H3/b7-5+,8-6-. The minimum atomic E-state index is -4.23. The molecule has 13 heavy (non-hydrogen) atoms. The van der Waals surface area contributed by atoms with E-state index in [0.717, 1.165) is 18.7 Å². The van der Waals surface area contributed by atoms with Crippen LogP contribution >= 0.6 is 0 Å². The van der Waals surface area contributed by atoms with Crippen molar-refractivity contribution in [3.8, 4) is 0 Å². The van der Waals surface area contributed by atoms with Crippen LogP contribution in [0.4, 0.5) is 13.2 Å². The summed E-state index contributed by atoms with van der Waals surface area (Å²) in [5, 5.41) is 2.79. The van der Waals surface area contributed by atoms with E-state index < -0.39 is 11.7 Å². The highest BCUT2D eigenvalue weighted by Gasteiger charge is 2.29. The molecule has 0 aliphatic heterocycles. The molecule has 76 valence electrons. The summed E-state index contributed by atoms with van der Waals surface area (Å²) < 4.78 is 36.2. The Morgan fingerprint density at radius 2 is 1.62 bits per heavy atom. The van der Waals surface area contributed by atoms with E-state index in [1.807, 2.05) is 0 Å². The molecule has 0 aliphatic rings. The van der Waals surface area contributed by atoms with Gasteiger partial charge in [0.1, 0.15) is 0 Å². The predicted octanol–water partition coefficient (Wildman–Crippen LogP) is 3.01. The fraction of sp³-hybridized carbons (Fsp3) is 0.556. The highest BCUT2D eigenvalue weighted by molar-refractivity contribution is 5.26. The molecular formula is C9H14F3N. The summed E-state index contributed by atoms with van der Waals surface area (Å²) in [4.78, 5) is 0. The Labute approximate surface area is 76.3 Å². The third-order valence-electron chi connectivity index (χ3n) is 1.85. The Kier molecular flexibility index (Phi) is 4.04. The maximum atomic E-state index is 12.1. The molecule has 0 bridgehead atoms. The van der Waals surface area contributed by atoms with E-state index in [9.17, 15) is 13.2 Å². The van der Waals surface area contributed by atoms with E-state index in [1.54, 1.807) is 20.9 Å². The van der Waals surface area contributed by atoms with Gasteiger partial charge in [0.15, 0.2) is 0 Å². The molecule has 0 heterocycles. The van der Waals surface area contributed by atoms with Crippen LogP contribution in [0.25, 0.3) is 0 Å². The summed E-state index contributed by atoms with van der Waals surface area (Å²) in [6.07, 6.45) is -3.10. The van der Waals surface area contributed by atoms with Crippen LogP contribution in [-0.2, 0) is 0 Å². The molecule has 0 rings (SSSR count). The molecule has 0 aliphatic carbocycles. The molecule has 4 heteroatoms. The fourth-order valence-corrected chi connectivity index (χ4v) is 0.712. The van der Waals surface area contributed by atoms with Crippen molar-refractivity contribution in [1.29, 1.82) is 0 Å². The SMILES string of the molecule is CN/C(C)=C(C)\C=C(/C)C(F)(F)F. The minimum Gasteiger partial charge on any atom is -0.391 e. The van der Waals surface area contributed by atoms with Gasteiger partial charge in [0.2, 0.25) is 0 Å². The zero-order chi connectivity index (χ0) is 10.6. The van der Waals surface area contributed by atoms with Gasteiger partial charge in [0.05, 0.1) is 0 Å². The van der Waals surface area contributed by atoms with E-state index in [-0.39, 0.29) is 0 Å². The summed E-state index contributed by atoms with van der Waals surface area (Å²) in [6.45, 7) is 4.43. The Morgan fingerprint density at radius 3 is 1.92 bits per heavy atom. The van der Waals surface area contributed by atoms with Gasteiger partial charge in [-0.1, -0.05) is 0 Å². The Bertz CT molecular complexity index is 236. The lowest BCUT2D eigenvalue weighted by Gasteiger charge is -2.08. The maximum absolute atomic E-state index is 12.1. The largest absolute Gasteiger partial charge is 0.412 e. The van der Waals surface area contributed by atoms with Crippen molar-refractivity contribution in [2.75, 3.05) is 7.05 Å². The zero-order valence-electron chi connectivity index (χ0n) is 8.21. The number of hydrogen-bond donors (Lipinski definition) is 1. The molecular weight excluding hydrogens is 179 g/mol. The Hall–Kier alpha value is -0.930. The van der Waals surface area contributed by atoms with Crippen molar-refractivity contribution in [3.63, 3.8) is 0 Å². The fourth-order valence-electron chi connectivity index (χ4n) is 0.712. The second-order valence-electron chi connectivity index (χ2n) is 2.88. The third-order valence-corrected chi connectivity index (χ3v) is 1.85. The molecule has 0 spiro atoms. The maximum Gasteiger partial charge on any atom is 0.412 e. The van der Waals surface area contributed by atoms with Crippen molar-refractivity contribution in [1.82, 2.24) is 5.32 Å². The normalized spacial score (nSPS) is 15.5. The summed E-state index contributed by atoms with van der Waals surface area (Å²) in [7, 11) is 1.68. The van der Waals surface area contributed by atoms with E-state index in [0.29, 0.717) is 5.57 Å². The highest BCUT2D eigenvalue weighted by atomic mass is 19.4. The van der Waals surface area contributed by atoms with Crippen LogP contribution in [0.5, 0.6) is 0 Å². The van der Waals surface area contributed by atoms with E-state index in [2.05, 4.69) is 5.32 Å². The molecule has 0 aromatic heterocycles. The summed E-state index contributed by atoms with van der Waals surface area (Å²) >= 11 is 0. The van der Waals surface area contributed by atoms with Gasteiger partial charge in [-0.2, -0.15) is 13.2 Å². The molecule has 0 aromatic carbocycles. The van der Waals surface area contributed by atoms with Gasteiger partial charge in [-0.3, -0.25) is 0 Å². The molecule has 0 atom stereocenters. The van der Waals surface area contributed by atoms with Gasteiger partial charge in [-0.15, -0.1) is 0 Å². The van der Waals surface area contributed by atoms with Crippen molar-refractivity contribution in [2.24, 2.45) is 0 Å². The van der Waals surface area contributed by atoms with Crippen LogP contribution in [-0.4, -0.2) is 13.2 Å². The van der Waals surface area contributed by atoms with Crippen LogP contribution in [0.15, 0.2) is 22.9 Å². The second kappa shape index (κ2) is 4.35. The van der Waals surface area contributed by atoms with E-state index in [1.165, 1.54) is 0 Å². The lowest BCUT2D eigenvalue weighted by molar-refractivity contribution is -0.0913. The molecule has 0 saturated carbocycles. The molecule has 0 fully saturated rings. The monoisotopic (exact) mass is 193 g/mol. The molecule has 1 nitrogen and oxygen atoms in total. The number of halogens is 3. The molecule has 0 aromatic rings. The minimum absolute atomic E-state index is 0.584. The lowest BCUT2D eigenvalue weighted by atomic mass is 10.1. The van der Waals surface area contributed by atoms with Gasteiger partial charge < -0.3 is 5.32 Å². The third kappa shape index (κ3) is 4.01. The van der Waals surface area contributed by atoms with Crippen molar-refractivity contribution in [3.05, 3.63) is 22.9 Å². The van der Waals surface area contributed by atoms with E-state index >= 15 is 0 Å². The van der Waals surface area contributed by atoms with Crippen LogP contribution in [0.2, 0.25) is 0 Å². The second-order valence-corrected chi connectivity index (χ2v) is 2.88. The van der Waals surface area contributed by atoms with Crippen LogP contribution < -0.4 is 5.32 Å². The highest BCUT2D eigenvalue weighted by Crippen LogP contribution is 2.26. The van der Waals surface area contributed by atoms with Gasteiger partial charge in [0, 0.05) is 18.3 Å². The number of allylic oxidation sites excluding steroid dienone is 4. The number of rotatable bonds is 2. The molecule has 0 unspecified atom stereocenters. The van der Waals surface area contributed by atoms with Crippen LogP contribution in [0.1, 0.15) is 20.8 Å². The smallest absolute Gasteiger partial charge is 0.391 e. The summed E-state index contributed by atoms with van der Waals surface area (Å²) in [5.41, 5.74) is 0.750. The zero-order valence-corrected chi connectivity index (χ0v) is 8.21. The van der Waals surface area contributed by atoms with Crippen LogP contribution in [0.3, 0.4) is 0 Å². The molecule has 0 amide bonds.